The van der Waals surface area contributed by atoms with Gasteiger partial charge in [-0.2, -0.15) is 0 Å². The minimum Gasteiger partial charge on any atom is -0.272 e. The fraction of sp³-hybridized carbons (Fsp3) is 0.121. The molecule has 0 aliphatic carbocycles. The fourth-order valence-corrected chi connectivity index (χ4v) is 4.51. The van der Waals surface area contributed by atoms with Crippen LogP contribution < -0.4 is 0 Å². The molecule has 6 nitrogen and oxygen atoms in total. The first-order chi connectivity index (χ1) is 19.0. The van der Waals surface area contributed by atoms with Gasteiger partial charge in [-0.05, 0) is 59.5 Å². The van der Waals surface area contributed by atoms with Crippen LogP contribution in [0.25, 0.3) is 51.4 Å². The van der Waals surface area contributed by atoms with E-state index < -0.39 is 0 Å². The first-order valence-corrected chi connectivity index (χ1v) is 13.0. The fourth-order valence-electron chi connectivity index (χ4n) is 4.51. The Morgan fingerprint density at radius 3 is 1.69 bits per heavy atom. The Morgan fingerprint density at radius 1 is 0.513 bits per heavy atom. The Hall–Kier alpha value is -4.97. The zero-order chi connectivity index (χ0) is 26.8. The highest BCUT2D eigenvalue weighted by molar-refractivity contribution is 5.68. The lowest BCUT2D eigenvalue weighted by atomic mass is 9.86. The van der Waals surface area contributed by atoms with Gasteiger partial charge in [0.25, 0.3) is 0 Å². The molecule has 4 aromatic heterocycles. The lowest BCUT2D eigenvalue weighted by Crippen LogP contribution is -2.10. The van der Waals surface area contributed by atoms with Crippen LogP contribution in [0.2, 0.25) is 0 Å². The zero-order valence-corrected chi connectivity index (χ0v) is 22.2. The third-order valence-electron chi connectivity index (χ3n) is 6.61. The summed E-state index contributed by atoms with van der Waals surface area (Å²) in [6, 6.07) is 36.4. The maximum atomic E-state index is 5.01. The molecule has 0 saturated heterocycles. The highest BCUT2D eigenvalue weighted by Gasteiger charge is 2.20. The molecule has 39 heavy (non-hydrogen) atoms. The van der Waals surface area contributed by atoms with Crippen molar-refractivity contribution in [1.29, 1.82) is 0 Å². The quantitative estimate of drug-likeness (QED) is 0.242. The predicted molar refractivity (Wildman–Crippen MR) is 155 cm³/mol. The molecule has 0 aliphatic rings. The van der Waals surface area contributed by atoms with Gasteiger partial charge in [0.1, 0.15) is 11.4 Å². The molecule has 0 bridgehead atoms. The SMILES string of the molecule is CC(C)(C)c1ccc(-c2cccc(-c3nnc(-c4cccc(-c5ccccn5)n4)n3-c3ccccc3)n2)cc1. The summed E-state index contributed by atoms with van der Waals surface area (Å²) in [4.78, 5) is 14.4. The first kappa shape index (κ1) is 24.4. The second-order valence-electron chi connectivity index (χ2n) is 10.4. The molecule has 0 atom stereocenters. The van der Waals surface area contributed by atoms with Crippen molar-refractivity contribution in [3.05, 3.63) is 121 Å². The van der Waals surface area contributed by atoms with E-state index in [9.17, 15) is 0 Å². The van der Waals surface area contributed by atoms with Crippen molar-refractivity contribution in [3.63, 3.8) is 0 Å². The summed E-state index contributed by atoms with van der Waals surface area (Å²) in [6.45, 7) is 6.65. The molecule has 2 aromatic carbocycles. The summed E-state index contributed by atoms with van der Waals surface area (Å²) in [5, 5.41) is 9.22. The van der Waals surface area contributed by atoms with Gasteiger partial charge in [0.15, 0.2) is 11.6 Å². The van der Waals surface area contributed by atoms with Crippen molar-refractivity contribution in [2.75, 3.05) is 0 Å². The molecule has 0 unspecified atom stereocenters. The smallest absolute Gasteiger partial charge is 0.187 e. The lowest BCUT2D eigenvalue weighted by Gasteiger charge is -2.19. The molecule has 6 heteroatoms. The van der Waals surface area contributed by atoms with Gasteiger partial charge in [-0.25, -0.2) is 9.97 Å². The van der Waals surface area contributed by atoms with Gasteiger partial charge in [0.2, 0.25) is 0 Å². The van der Waals surface area contributed by atoms with Gasteiger partial charge in [-0.15, -0.1) is 10.2 Å². The van der Waals surface area contributed by atoms with E-state index in [1.54, 1.807) is 6.20 Å². The van der Waals surface area contributed by atoms with Gasteiger partial charge < -0.3 is 0 Å². The number of benzene rings is 2. The Balaban J connectivity index is 1.46. The number of aromatic nitrogens is 6. The first-order valence-electron chi connectivity index (χ1n) is 13.0. The molecular formula is C33H28N6. The van der Waals surface area contributed by atoms with Crippen molar-refractivity contribution in [1.82, 2.24) is 29.7 Å². The summed E-state index contributed by atoms with van der Waals surface area (Å²) >= 11 is 0. The molecule has 6 aromatic rings. The topological polar surface area (TPSA) is 69.4 Å². The molecule has 0 radical (unpaired) electrons. The molecule has 0 fully saturated rings. The van der Waals surface area contributed by atoms with E-state index in [2.05, 4.69) is 60.2 Å². The van der Waals surface area contributed by atoms with Crippen molar-refractivity contribution in [3.8, 4) is 51.4 Å². The van der Waals surface area contributed by atoms with Crippen LogP contribution in [-0.4, -0.2) is 29.7 Å². The van der Waals surface area contributed by atoms with Crippen molar-refractivity contribution in [2.24, 2.45) is 0 Å². The Kier molecular flexibility index (Phi) is 6.29. The van der Waals surface area contributed by atoms with E-state index in [4.69, 9.17) is 9.97 Å². The van der Waals surface area contributed by atoms with Gasteiger partial charge in [-0.1, -0.05) is 81.4 Å². The number of para-hydroxylation sites is 1. The monoisotopic (exact) mass is 508 g/mol. The zero-order valence-electron chi connectivity index (χ0n) is 22.2. The second-order valence-corrected chi connectivity index (χ2v) is 10.4. The highest BCUT2D eigenvalue weighted by atomic mass is 15.3. The summed E-state index contributed by atoms with van der Waals surface area (Å²) in [5.41, 5.74) is 7.26. The van der Waals surface area contributed by atoms with Gasteiger partial charge >= 0.3 is 0 Å². The summed E-state index contributed by atoms with van der Waals surface area (Å²) in [5.74, 6) is 1.28. The molecule has 0 aliphatic heterocycles. The van der Waals surface area contributed by atoms with Crippen LogP contribution in [0.3, 0.4) is 0 Å². The van der Waals surface area contributed by atoms with E-state index in [1.807, 2.05) is 89.5 Å². The van der Waals surface area contributed by atoms with Gasteiger partial charge in [-0.3, -0.25) is 9.55 Å². The van der Waals surface area contributed by atoms with Crippen molar-refractivity contribution < 1.29 is 0 Å². The number of rotatable bonds is 5. The maximum Gasteiger partial charge on any atom is 0.187 e. The van der Waals surface area contributed by atoms with Crippen LogP contribution in [0, 0.1) is 0 Å². The summed E-state index contributed by atoms with van der Waals surface area (Å²) < 4.78 is 2.01. The standard InChI is InChI=1S/C33H28N6/c1-33(2,3)24-20-18-23(19-21-24)26-14-9-16-29(35-26)31-37-38-32(39(31)25-11-5-4-6-12-25)30-17-10-15-28(36-30)27-13-7-8-22-34-27/h4-22H,1-3H3. The Bertz CT molecular complexity index is 1720. The Morgan fingerprint density at radius 2 is 1.08 bits per heavy atom. The van der Waals surface area contributed by atoms with E-state index in [0.717, 1.165) is 34.0 Å². The predicted octanol–water partition coefficient (Wildman–Crippen LogP) is 7.42. The summed E-state index contributed by atoms with van der Waals surface area (Å²) in [7, 11) is 0. The molecule has 0 spiro atoms. The number of hydrogen-bond acceptors (Lipinski definition) is 5. The average Bonchev–Trinajstić information content (AvgIpc) is 3.43. The van der Waals surface area contributed by atoms with Crippen LogP contribution in [0.1, 0.15) is 26.3 Å². The molecular weight excluding hydrogens is 480 g/mol. The maximum absolute atomic E-state index is 5.01. The van der Waals surface area contributed by atoms with E-state index in [0.29, 0.717) is 17.3 Å². The van der Waals surface area contributed by atoms with Crippen molar-refractivity contribution in [2.45, 2.75) is 26.2 Å². The lowest BCUT2D eigenvalue weighted by molar-refractivity contribution is 0.590. The van der Waals surface area contributed by atoms with Gasteiger partial charge in [0.05, 0.1) is 17.1 Å². The van der Waals surface area contributed by atoms with Crippen LogP contribution in [-0.2, 0) is 5.41 Å². The summed E-state index contributed by atoms with van der Waals surface area (Å²) in [6.07, 6.45) is 1.77. The molecule has 0 amide bonds. The minimum atomic E-state index is 0.0955. The third kappa shape index (κ3) is 4.97. The molecule has 0 N–H and O–H groups in total. The van der Waals surface area contributed by atoms with Crippen molar-refractivity contribution >= 4 is 0 Å². The second kappa shape index (κ2) is 10.1. The van der Waals surface area contributed by atoms with Crippen LogP contribution in [0.4, 0.5) is 0 Å². The molecule has 0 saturated carbocycles. The molecule has 4 heterocycles. The highest BCUT2D eigenvalue weighted by Crippen LogP contribution is 2.30. The van der Waals surface area contributed by atoms with E-state index in [1.165, 1.54) is 5.56 Å². The number of pyridine rings is 3. The van der Waals surface area contributed by atoms with E-state index in [-0.39, 0.29) is 5.41 Å². The molecule has 6 rings (SSSR count). The normalized spacial score (nSPS) is 11.5. The molecule has 190 valence electrons. The largest absolute Gasteiger partial charge is 0.272 e. The number of nitrogens with zero attached hydrogens (tertiary/aromatic N) is 6. The average molecular weight is 509 g/mol. The van der Waals surface area contributed by atoms with Crippen LogP contribution >= 0.6 is 0 Å². The third-order valence-corrected chi connectivity index (χ3v) is 6.61. The Labute approximate surface area is 228 Å². The number of hydrogen-bond donors (Lipinski definition) is 0. The minimum absolute atomic E-state index is 0.0955. The van der Waals surface area contributed by atoms with Crippen LogP contribution in [0.5, 0.6) is 0 Å². The van der Waals surface area contributed by atoms with Gasteiger partial charge in [0, 0.05) is 17.4 Å². The van der Waals surface area contributed by atoms with Crippen LogP contribution in [0.15, 0.2) is 115 Å². The van der Waals surface area contributed by atoms with E-state index >= 15 is 0 Å².